The highest BCUT2D eigenvalue weighted by atomic mass is 35.5. The van der Waals surface area contributed by atoms with Gasteiger partial charge in [0.15, 0.2) is 0 Å². The Labute approximate surface area is 229 Å². The third-order valence-corrected chi connectivity index (χ3v) is 8.22. The number of amides is 1. The van der Waals surface area contributed by atoms with E-state index < -0.39 is 45.3 Å². The van der Waals surface area contributed by atoms with Gasteiger partial charge < -0.3 is 5.32 Å². The van der Waals surface area contributed by atoms with E-state index in [2.05, 4.69) is 5.32 Å². The van der Waals surface area contributed by atoms with Crippen molar-refractivity contribution in [1.82, 2.24) is 5.32 Å². The van der Waals surface area contributed by atoms with Gasteiger partial charge in [-0.25, -0.2) is 8.42 Å². The van der Waals surface area contributed by atoms with E-state index in [0.717, 1.165) is 28.8 Å². The molecule has 1 amide bonds. The maximum absolute atomic E-state index is 13.6. The number of hydrogen-bond acceptors (Lipinski definition) is 3. The molecule has 0 unspecified atom stereocenters. The quantitative estimate of drug-likeness (QED) is 0.253. The molecule has 0 aromatic heterocycles. The van der Waals surface area contributed by atoms with Crippen LogP contribution in [0.5, 0.6) is 0 Å². The highest BCUT2D eigenvalue weighted by Gasteiger charge is 2.36. The van der Waals surface area contributed by atoms with Gasteiger partial charge in [-0.1, -0.05) is 84.4 Å². The first kappa shape index (κ1) is 28.2. The van der Waals surface area contributed by atoms with Gasteiger partial charge in [-0.3, -0.25) is 9.10 Å². The molecule has 0 aliphatic heterocycles. The molecule has 5 nitrogen and oxygen atoms in total. The number of nitrogens with zero attached hydrogens (tertiary/aromatic N) is 1. The largest absolute Gasteiger partial charge is 0.417 e. The molecule has 0 spiro atoms. The summed E-state index contributed by atoms with van der Waals surface area (Å²) in [6, 6.07) is 25.8. The Morgan fingerprint density at radius 2 is 1.49 bits per heavy atom. The number of sulfonamides is 1. The zero-order chi connectivity index (χ0) is 28.2. The van der Waals surface area contributed by atoms with Gasteiger partial charge >= 0.3 is 6.18 Å². The number of carbonyl (C=O) groups excluding carboxylic acids is 1. The predicted octanol–water partition coefficient (Wildman–Crippen LogP) is 6.77. The minimum absolute atomic E-state index is 0.181. The van der Waals surface area contributed by atoms with Crippen molar-refractivity contribution in [2.75, 3.05) is 10.8 Å². The number of nitrogens with one attached hydrogen (secondary N) is 1. The molecule has 0 bridgehead atoms. The summed E-state index contributed by atoms with van der Waals surface area (Å²) in [5.74, 6) is -0.713. The molecule has 0 heterocycles. The summed E-state index contributed by atoms with van der Waals surface area (Å²) in [5.41, 5.74) is 0.882. The van der Waals surface area contributed by atoms with Gasteiger partial charge in [0.25, 0.3) is 10.0 Å². The first-order chi connectivity index (χ1) is 18.5. The summed E-state index contributed by atoms with van der Waals surface area (Å²) in [5, 5.41) is 2.29. The second-order valence-corrected chi connectivity index (χ2v) is 11.0. The van der Waals surface area contributed by atoms with Crippen LogP contribution < -0.4 is 9.62 Å². The smallest absolute Gasteiger partial charge is 0.344 e. The van der Waals surface area contributed by atoms with Crippen LogP contribution in [0.15, 0.2) is 108 Å². The molecule has 0 saturated heterocycles. The number of aryl methyl sites for hydroxylation is 1. The van der Waals surface area contributed by atoms with Crippen LogP contribution in [0.2, 0.25) is 5.02 Å². The number of anilines is 1. The molecular formula is C29H24ClF3N2O3S. The first-order valence-corrected chi connectivity index (χ1v) is 13.6. The first-order valence-electron chi connectivity index (χ1n) is 11.8. The van der Waals surface area contributed by atoms with E-state index in [9.17, 15) is 26.4 Å². The van der Waals surface area contributed by atoms with Crippen LogP contribution in [0, 0.1) is 6.92 Å². The fourth-order valence-electron chi connectivity index (χ4n) is 4.15. The summed E-state index contributed by atoms with van der Waals surface area (Å²) < 4.78 is 68.8. The number of rotatable bonds is 8. The van der Waals surface area contributed by atoms with Crippen LogP contribution in [0.25, 0.3) is 0 Å². The number of carbonyl (C=O) groups is 1. The molecular weight excluding hydrogens is 549 g/mol. The zero-order valence-corrected chi connectivity index (χ0v) is 22.3. The summed E-state index contributed by atoms with van der Waals surface area (Å²) in [6.45, 7) is 1.11. The molecule has 10 heteroatoms. The SMILES string of the molecule is Cc1ccccc1[C@H](NC(=O)CN(c1ccc(Cl)c(C(F)(F)F)c1)S(=O)(=O)c1ccccc1)c1ccccc1. The van der Waals surface area contributed by atoms with Crippen molar-refractivity contribution < 1.29 is 26.4 Å². The molecule has 4 aromatic carbocycles. The second-order valence-electron chi connectivity index (χ2n) is 8.75. The van der Waals surface area contributed by atoms with E-state index in [1.54, 1.807) is 6.07 Å². The second kappa shape index (κ2) is 11.5. The highest BCUT2D eigenvalue weighted by Crippen LogP contribution is 2.38. The lowest BCUT2D eigenvalue weighted by Gasteiger charge is -2.27. The number of alkyl halides is 3. The number of hydrogen-bond donors (Lipinski definition) is 1. The van der Waals surface area contributed by atoms with E-state index in [1.165, 1.54) is 24.3 Å². The van der Waals surface area contributed by atoms with Crippen molar-refractivity contribution in [1.29, 1.82) is 0 Å². The van der Waals surface area contributed by atoms with Gasteiger partial charge in [-0.2, -0.15) is 13.2 Å². The average molecular weight is 573 g/mol. The molecule has 0 radical (unpaired) electrons. The van der Waals surface area contributed by atoms with Crippen LogP contribution in [-0.2, 0) is 21.0 Å². The Morgan fingerprint density at radius 1 is 0.897 bits per heavy atom. The molecule has 1 atom stereocenters. The third-order valence-electron chi connectivity index (χ3n) is 6.10. The van der Waals surface area contributed by atoms with Crippen LogP contribution in [0.3, 0.4) is 0 Å². The molecule has 4 aromatic rings. The van der Waals surface area contributed by atoms with Gasteiger partial charge in [-0.15, -0.1) is 0 Å². The van der Waals surface area contributed by atoms with E-state index in [0.29, 0.717) is 10.4 Å². The van der Waals surface area contributed by atoms with Gasteiger partial charge in [0.2, 0.25) is 5.91 Å². The van der Waals surface area contributed by atoms with Crippen molar-refractivity contribution in [3.63, 3.8) is 0 Å². The Kier molecular flexibility index (Phi) is 8.32. The lowest BCUT2D eigenvalue weighted by molar-refractivity contribution is -0.137. The highest BCUT2D eigenvalue weighted by molar-refractivity contribution is 7.92. The number of halogens is 4. The van der Waals surface area contributed by atoms with Crippen molar-refractivity contribution in [2.45, 2.75) is 24.0 Å². The van der Waals surface area contributed by atoms with Crippen LogP contribution in [-0.4, -0.2) is 20.9 Å². The van der Waals surface area contributed by atoms with E-state index in [4.69, 9.17) is 11.6 Å². The van der Waals surface area contributed by atoms with Crippen LogP contribution in [0.4, 0.5) is 18.9 Å². The van der Waals surface area contributed by atoms with Crippen LogP contribution >= 0.6 is 11.6 Å². The molecule has 0 aliphatic carbocycles. The molecule has 1 N–H and O–H groups in total. The summed E-state index contributed by atoms with van der Waals surface area (Å²) in [6.07, 6.45) is -4.83. The minimum atomic E-state index is -4.83. The molecule has 0 saturated carbocycles. The molecule has 202 valence electrons. The van der Waals surface area contributed by atoms with E-state index in [1.807, 2.05) is 61.5 Å². The topological polar surface area (TPSA) is 66.5 Å². The van der Waals surface area contributed by atoms with Gasteiger partial charge in [0.05, 0.1) is 27.2 Å². The Balaban J connectivity index is 1.76. The van der Waals surface area contributed by atoms with Crippen molar-refractivity contribution in [3.05, 3.63) is 130 Å². The normalized spacial score (nSPS) is 12.5. The maximum Gasteiger partial charge on any atom is 0.417 e. The summed E-state index contributed by atoms with van der Waals surface area (Å²) in [4.78, 5) is 13.3. The molecule has 39 heavy (non-hydrogen) atoms. The number of benzene rings is 4. The zero-order valence-electron chi connectivity index (χ0n) is 20.7. The van der Waals surface area contributed by atoms with E-state index >= 15 is 0 Å². The van der Waals surface area contributed by atoms with Crippen molar-refractivity contribution in [2.24, 2.45) is 0 Å². The van der Waals surface area contributed by atoms with Gasteiger partial charge in [-0.05, 0) is 53.9 Å². The Hall–Kier alpha value is -3.82. The Morgan fingerprint density at radius 3 is 2.10 bits per heavy atom. The van der Waals surface area contributed by atoms with Crippen molar-refractivity contribution >= 4 is 33.2 Å². The monoisotopic (exact) mass is 572 g/mol. The molecule has 4 rings (SSSR count). The van der Waals surface area contributed by atoms with Gasteiger partial charge in [0, 0.05) is 0 Å². The summed E-state index contributed by atoms with van der Waals surface area (Å²) in [7, 11) is -4.44. The molecule has 0 fully saturated rings. The standard InChI is InChI=1S/C29H24ClF3N2O3S/c1-20-10-8-9-15-24(20)28(21-11-4-2-5-12-21)34-27(36)19-35(39(37,38)23-13-6-3-7-14-23)22-16-17-26(30)25(18-22)29(31,32)33/h2-18,28H,19H2,1H3,(H,34,36)/t28-/m1/s1. The lowest BCUT2D eigenvalue weighted by atomic mass is 9.95. The van der Waals surface area contributed by atoms with Crippen molar-refractivity contribution in [3.8, 4) is 0 Å². The fourth-order valence-corrected chi connectivity index (χ4v) is 5.81. The van der Waals surface area contributed by atoms with E-state index in [-0.39, 0.29) is 10.6 Å². The Bertz CT molecular complexity index is 1560. The average Bonchev–Trinajstić information content (AvgIpc) is 2.91. The predicted molar refractivity (Wildman–Crippen MR) is 145 cm³/mol. The minimum Gasteiger partial charge on any atom is -0.344 e. The lowest BCUT2D eigenvalue weighted by Crippen LogP contribution is -2.42. The molecule has 0 aliphatic rings. The van der Waals surface area contributed by atoms with Crippen LogP contribution in [0.1, 0.15) is 28.3 Å². The fraction of sp³-hybridized carbons (Fsp3) is 0.138. The van der Waals surface area contributed by atoms with Gasteiger partial charge in [0.1, 0.15) is 6.54 Å². The third kappa shape index (κ3) is 6.43. The summed E-state index contributed by atoms with van der Waals surface area (Å²) >= 11 is 5.77. The maximum atomic E-state index is 13.6.